The molecule has 1 heterocycles. The first-order valence-corrected chi connectivity index (χ1v) is 7.51. The first-order chi connectivity index (χ1) is 11.6. The number of rotatable bonds is 3. The number of pyridine rings is 1. The molecule has 1 atom stereocenters. The van der Waals surface area contributed by atoms with E-state index in [0.717, 1.165) is 5.39 Å². The maximum absolute atomic E-state index is 12.6. The smallest absolute Gasteiger partial charge is 0.259 e. The monoisotopic (exact) mass is 317 g/mol. The van der Waals surface area contributed by atoms with Crippen LogP contribution in [0, 0.1) is 11.3 Å². The molecule has 0 saturated heterocycles. The van der Waals surface area contributed by atoms with Gasteiger partial charge in [0.05, 0.1) is 11.6 Å². The van der Waals surface area contributed by atoms with Crippen LogP contribution in [0.25, 0.3) is 10.8 Å². The predicted octanol–water partition coefficient (Wildman–Crippen LogP) is 3.07. The van der Waals surface area contributed by atoms with E-state index >= 15 is 0 Å². The topological polar surface area (TPSA) is 74.9 Å². The zero-order valence-corrected chi connectivity index (χ0v) is 13.1. The number of hydrogen-bond donors (Lipinski definition) is 1. The Morgan fingerprint density at radius 3 is 2.75 bits per heavy atom. The van der Waals surface area contributed by atoms with E-state index in [-0.39, 0.29) is 11.5 Å². The Balaban J connectivity index is 1.90. The first-order valence-electron chi connectivity index (χ1n) is 7.51. The van der Waals surface area contributed by atoms with Crippen molar-refractivity contribution in [2.75, 3.05) is 5.32 Å². The van der Waals surface area contributed by atoms with Crippen LogP contribution in [-0.4, -0.2) is 10.5 Å². The number of amides is 1. The van der Waals surface area contributed by atoms with Gasteiger partial charge in [-0.3, -0.25) is 9.59 Å². The highest BCUT2D eigenvalue weighted by Gasteiger charge is 2.17. The molecule has 0 bridgehead atoms. The fraction of sp³-hybridized carbons (Fsp3) is 0.105. The molecule has 3 aromatic rings. The molecule has 0 aliphatic rings. The molecule has 0 fully saturated rings. The number of nitrogens with one attached hydrogen (secondary N) is 1. The molecule has 2 aromatic carbocycles. The number of carbonyl (C=O) groups excluding carboxylic acids is 1. The van der Waals surface area contributed by atoms with Crippen LogP contribution in [0.4, 0.5) is 5.69 Å². The summed E-state index contributed by atoms with van der Waals surface area (Å²) in [6, 6.07) is 17.1. The molecular formula is C19H15N3O2. The molecule has 118 valence electrons. The molecule has 0 aliphatic heterocycles. The van der Waals surface area contributed by atoms with Crippen molar-refractivity contribution in [3.8, 4) is 6.07 Å². The van der Waals surface area contributed by atoms with Gasteiger partial charge in [-0.05, 0) is 42.6 Å². The summed E-state index contributed by atoms with van der Waals surface area (Å²) in [6.45, 7) is 1.67. The van der Waals surface area contributed by atoms with Crippen molar-refractivity contribution in [1.82, 2.24) is 4.57 Å². The lowest BCUT2D eigenvalue weighted by Crippen LogP contribution is -2.31. The van der Waals surface area contributed by atoms with E-state index in [4.69, 9.17) is 5.26 Å². The van der Waals surface area contributed by atoms with Gasteiger partial charge < -0.3 is 9.88 Å². The minimum Gasteiger partial charge on any atom is -0.324 e. The normalized spacial score (nSPS) is 11.7. The van der Waals surface area contributed by atoms with Crippen molar-refractivity contribution in [2.24, 2.45) is 0 Å². The van der Waals surface area contributed by atoms with Crippen molar-refractivity contribution < 1.29 is 4.79 Å². The average molecular weight is 317 g/mol. The second-order valence-electron chi connectivity index (χ2n) is 5.47. The molecule has 5 nitrogen and oxygen atoms in total. The van der Waals surface area contributed by atoms with Crippen molar-refractivity contribution in [3.63, 3.8) is 0 Å². The lowest BCUT2D eigenvalue weighted by atomic mass is 10.1. The number of carbonyl (C=O) groups is 1. The van der Waals surface area contributed by atoms with Gasteiger partial charge in [0.1, 0.15) is 6.04 Å². The second-order valence-corrected chi connectivity index (χ2v) is 5.47. The van der Waals surface area contributed by atoms with Crippen LogP contribution in [0.5, 0.6) is 0 Å². The van der Waals surface area contributed by atoms with Gasteiger partial charge >= 0.3 is 0 Å². The fourth-order valence-electron chi connectivity index (χ4n) is 2.55. The number of nitriles is 1. The molecule has 1 N–H and O–H groups in total. The fourth-order valence-corrected chi connectivity index (χ4v) is 2.55. The van der Waals surface area contributed by atoms with E-state index < -0.39 is 6.04 Å². The summed E-state index contributed by atoms with van der Waals surface area (Å²) < 4.78 is 1.41. The van der Waals surface area contributed by atoms with Crippen LogP contribution >= 0.6 is 0 Å². The molecule has 5 heteroatoms. The van der Waals surface area contributed by atoms with E-state index in [1.807, 2.05) is 24.3 Å². The lowest BCUT2D eigenvalue weighted by Gasteiger charge is -2.16. The zero-order chi connectivity index (χ0) is 17.1. The summed E-state index contributed by atoms with van der Waals surface area (Å²) in [7, 11) is 0. The Morgan fingerprint density at radius 1 is 1.17 bits per heavy atom. The van der Waals surface area contributed by atoms with Gasteiger partial charge in [-0.25, -0.2) is 0 Å². The molecule has 0 spiro atoms. The molecule has 24 heavy (non-hydrogen) atoms. The number of fused-ring (bicyclic) bond motifs is 1. The molecule has 0 aliphatic carbocycles. The highest BCUT2D eigenvalue weighted by atomic mass is 16.2. The lowest BCUT2D eigenvalue weighted by molar-refractivity contribution is -0.118. The molecule has 1 amide bonds. The van der Waals surface area contributed by atoms with Crippen LogP contribution in [0.2, 0.25) is 0 Å². The van der Waals surface area contributed by atoms with Crippen LogP contribution in [0.15, 0.2) is 65.6 Å². The molecule has 0 unspecified atom stereocenters. The molecule has 0 saturated carbocycles. The predicted molar refractivity (Wildman–Crippen MR) is 92.7 cm³/mol. The van der Waals surface area contributed by atoms with E-state index in [0.29, 0.717) is 16.6 Å². The number of aromatic nitrogens is 1. The molecule has 3 rings (SSSR count). The van der Waals surface area contributed by atoms with Crippen molar-refractivity contribution >= 4 is 22.4 Å². The summed E-state index contributed by atoms with van der Waals surface area (Å²) in [4.78, 5) is 25.0. The number of benzene rings is 2. The van der Waals surface area contributed by atoms with Crippen LogP contribution in [0.3, 0.4) is 0 Å². The third kappa shape index (κ3) is 2.90. The highest BCUT2D eigenvalue weighted by Crippen LogP contribution is 2.15. The van der Waals surface area contributed by atoms with Gasteiger partial charge in [0.2, 0.25) is 5.91 Å². The first kappa shape index (κ1) is 15.5. The Kier molecular flexibility index (Phi) is 4.13. The van der Waals surface area contributed by atoms with Gasteiger partial charge in [-0.15, -0.1) is 0 Å². The summed E-state index contributed by atoms with van der Waals surface area (Å²) >= 11 is 0. The minimum atomic E-state index is -0.673. The Bertz CT molecular complexity index is 1010. The number of anilines is 1. The van der Waals surface area contributed by atoms with Crippen molar-refractivity contribution in [2.45, 2.75) is 13.0 Å². The number of nitrogens with zero attached hydrogens (tertiary/aromatic N) is 2. The maximum atomic E-state index is 12.6. The third-order valence-electron chi connectivity index (χ3n) is 3.90. The highest BCUT2D eigenvalue weighted by molar-refractivity contribution is 5.94. The average Bonchev–Trinajstić information content (AvgIpc) is 2.62. The van der Waals surface area contributed by atoms with Gasteiger partial charge in [-0.2, -0.15) is 5.26 Å². The van der Waals surface area contributed by atoms with Gasteiger partial charge in [-0.1, -0.05) is 24.3 Å². The second kappa shape index (κ2) is 6.39. The molecular weight excluding hydrogens is 302 g/mol. The summed E-state index contributed by atoms with van der Waals surface area (Å²) in [5.41, 5.74) is 0.782. The Labute approximate surface area is 138 Å². The third-order valence-corrected chi connectivity index (χ3v) is 3.90. The van der Waals surface area contributed by atoms with Gasteiger partial charge in [0, 0.05) is 17.3 Å². The Morgan fingerprint density at radius 2 is 1.96 bits per heavy atom. The summed E-state index contributed by atoms with van der Waals surface area (Å²) in [5.74, 6) is -0.317. The SMILES string of the molecule is C[C@@H](C(=O)Nc1cccc(C#N)c1)n1ccc2ccccc2c1=O. The molecule has 1 aromatic heterocycles. The molecule has 0 radical (unpaired) electrons. The van der Waals surface area contributed by atoms with Crippen LogP contribution < -0.4 is 10.9 Å². The quantitative estimate of drug-likeness (QED) is 0.806. The van der Waals surface area contributed by atoms with E-state index in [2.05, 4.69) is 5.32 Å². The van der Waals surface area contributed by atoms with Crippen LogP contribution in [0.1, 0.15) is 18.5 Å². The van der Waals surface area contributed by atoms with E-state index in [1.54, 1.807) is 49.5 Å². The van der Waals surface area contributed by atoms with E-state index in [9.17, 15) is 9.59 Å². The largest absolute Gasteiger partial charge is 0.324 e. The number of hydrogen-bond acceptors (Lipinski definition) is 3. The minimum absolute atomic E-state index is 0.207. The van der Waals surface area contributed by atoms with Gasteiger partial charge in [0.15, 0.2) is 0 Å². The standard InChI is InChI=1S/C19H15N3O2/c1-13(18(23)21-16-7-4-5-14(11-16)12-20)22-10-9-15-6-2-3-8-17(15)19(22)24/h2-11,13H,1H3,(H,21,23)/t13-/m0/s1. The van der Waals surface area contributed by atoms with Crippen molar-refractivity contribution in [3.05, 3.63) is 76.7 Å². The van der Waals surface area contributed by atoms with Crippen LogP contribution in [-0.2, 0) is 4.79 Å². The van der Waals surface area contributed by atoms with Crippen molar-refractivity contribution in [1.29, 1.82) is 5.26 Å². The Hall–Kier alpha value is -3.39. The maximum Gasteiger partial charge on any atom is 0.259 e. The van der Waals surface area contributed by atoms with E-state index in [1.165, 1.54) is 4.57 Å². The summed E-state index contributed by atoms with van der Waals surface area (Å²) in [6.07, 6.45) is 1.63. The summed E-state index contributed by atoms with van der Waals surface area (Å²) in [5, 5.41) is 13.1. The zero-order valence-electron chi connectivity index (χ0n) is 13.1. The van der Waals surface area contributed by atoms with Gasteiger partial charge in [0.25, 0.3) is 5.56 Å².